The Balaban J connectivity index is 2.05. The summed E-state index contributed by atoms with van der Waals surface area (Å²) in [5, 5.41) is 3.03. The van der Waals surface area contributed by atoms with Crippen molar-refractivity contribution >= 4 is 11.9 Å². The smallest absolute Gasteiger partial charge is 0.322 e. The fourth-order valence-electron chi connectivity index (χ4n) is 1.41. The molecule has 0 saturated heterocycles. The number of pyridine rings is 1. The molecule has 0 saturated carbocycles. The van der Waals surface area contributed by atoms with Crippen molar-refractivity contribution in [3.05, 3.63) is 23.9 Å². The van der Waals surface area contributed by atoms with E-state index in [1.807, 2.05) is 6.07 Å². The Kier molecular flexibility index (Phi) is 4.45. The summed E-state index contributed by atoms with van der Waals surface area (Å²) in [7, 11) is 3.03. The molecule has 9 nitrogen and oxygen atoms in total. The first-order valence-electron chi connectivity index (χ1n) is 5.74. The molecule has 2 heterocycles. The summed E-state index contributed by atoms with van der Waals surface area (Å²) in [6.45, 7) is 0.494. The second kappa shape index (κ2) is 6.48. The number of ether oxygens (including phenoxy) is 2. The maximum Gasteiger partial charge on any atom is 0.322 e. The largest absolute Gasteiger partial charge is 0.481 e. The lowest BCUT2D eigenvalue weighted by molar-refractivity contribution is 0.379. The van der Waals surface area contributed by atoms with Crippen LogP contribution in [0.1, 0.15) is 5.56 Å². The van der Waals surface area contributed by atoms with Gasteiger partial charge >= 0.3 is 6.01 Å². The number of anilines is 2. The topological polar surface area (TPSA) is 120 Å². The van der Waals surface area contributed by atoms with Gasteiger partial charge < -0.3 is 14.8 Å². The van der Waals surface area contributed by atoms with Crippen LogP contribution in [0.15, 0.2) is 18.3 Å². The number of nitrogen functional groups attached to an aromatic ring is 1. The summed E-state index contributed by atoms with van der Waals surface area (Å²) in [6, 6.07) is 3.83. The van der Waals surface area contributed by atoms with Crippen molar-refractivity contribution in [2.45, 2.75) is 6.54 Å². The summed E-state index contributed by atoms with van der Waals surface area (Å²) in [4.78, 5) is 16.1. The molecule has 2 aromatic rings. The molecule has 9 heteroatoms. The molecule has 0 fully saturated rings. The molecule has 2 aromatic heterocycles. The van der Waals surface area contributed by atoms with Crippen molar-refractivity contribution < 1.29 is 9.47 Å². The number of nitrogens with two attached hydrogens (primary N) is 1. The minimum atomic E-state index is 0.170. The summed E-state index contributed by atoms with van der Waals surface area (Å²) in [5.74, 6) is 6.39. The molecule has 0 aromatic carbocycles. The predicted octanol–water partition coefficient (Wildman–Crippen LogP) is 0.181. The van der Waals surface area contributed by atoms with Crippen molar-refractivity contribution in [2.24, 2.45) is 5.84 Å². The van der Waals surface area contributed by atoms with Crippen LogP contribution < -0.4 is 26.1 Å². The van der Waals surface area contributed by atoms with Gasteiger partial charge in [0.05, 0.1) is 14.2 Å². The average Bonchev–Trinajstić information content (AvgIpc) is 2.53. The van der Waals surface area contributed by atoms with Gasteiger partial charge in [-0.25, -0.2) is 10.8 Å². The van der Waals surface area contributed by atoms with Crippen molar-refractivity contribution in [3.63, 3.8) is 0 Å². The first kappa shape index (κ1) is 13.7. The van der Waals surface area contributed by atoms with Crippen LogP contribution in [0.2, 0.25) is 0 Å². The molecule has 0 bridgehead atoms. The molecule has 106 valence electrons. The normalized spacial score (nSPS) is 9.95. The van der Waals surface area contributed by atoms with E-state index in [9.17, 15) is 0 Å². The third kappa shape index (κ3) is 3.42. The fraction of sp³-hybridized carbons (Fsp3) is 0.273. The van der Waals surface area contributed by atoms with Gasteiger partial charge in [-0.05, 0) is 5.56 Å². The van der Waals surface area contributed by atoms with E-state index in [1.54, 1.807) is 19.4 Å². The van der Waals surface area contributed by atoms with Crippen LogP contribution in [-0.2, 0) is 6.54 Å². The van der Waals surface area contributed by atoms with Gasteiger partial charge in [-0.1, -0.05) is 6.07 Å². The number of aromatic nitrogens is 4. The molecule has 4 N–H and O–H groups in total. The highest BCUT2D eigenvalue weighted by molar-refractivity contribution is 5.35. The summed E-state index contributed by atoms with van der Waals surface area (Å²) >= 11 is 0. The van der Waals surface area contributed by atoms with E-state index in [4.69, 9.17) is 15.3 Å². The first-order chi connectivity index (χ1) is 9.75. The quantitative estimate of drug-likeness (QED) is 0.501. The van der Waals surface area contributed by atoms with Crippen molar-refractivity contribution in [2.75, 3.05) is 25.0 Å². The van der Waals surface area contributed by atoms with Crippen LogP contribution in [0.25, 0.3) is 0 Å². The van der Waals surface area contributed by atoms with Crippen LogP contribution >= 0.6 is 0 Å². The lowest BCUT2D eigenvalue weighted by atomic mass is 10.3. The number of methoxy groups -OCH3 is 2. The molecule has 0 amide bonds. The Morgan fingerprint density at radius 1 is 1.10 bits per heavy atom. The highest BCUT2D eigenvalue weighted by Crippen LogP contribution is 2.12. The molecule has 20 heavy (non-hydrogen) atoms. The molecule has 0 unspecified atom stereocenters. The van der Waals surface area contributed by atoms with Gasteiger partial charge in [-0.3, -0.25) is 5.43 Å². The maximum absolute atomic E-state index is 5.27. The Bertz CT molecular complexity index is 539. The van der Waals surface area contributed by atoms with Gasteiger partial charge in [0.25, 0.3) is 0 Å². The third-order valence-electron chi connectivity index (χ3n) is 2.38. The molecule has 0 spiro atoms. The highest BCUT2D eigenvalue weighted by Gasteiger charge is 2.05. The Morgan fingerprint density at radius 2 is 1.90 bits per heavy atom. The van der Waals surface area contributed by atoms with Gasteiger partial charge in [-0.15, -0.1) is 0 Å². The predicted molar refractivity (Wildman–Crippen MR) is 72.3 cm³/mol. The number of nitrogens with zero attached hydrogens (tertiary/aromatic N) is 4. The summed E-state index contributed by atoms with van der Waals surface area (Å²) in [5.41, 5.74) is 3.30. The second-order valence-electron chi connectivity index (χ2n) is 3.68. The number of hydrogen-bond donors (Lipinski definition) is 3. The van der Waals surface area contributed by atoms with E-state index in [0.29, 0.717) is 18.4 Å². The van der Waals surface area contributed by atoms with E-state index in [-0.39, 0.29) is 12.0 Å². The number of hydrogen-bond acceptors (Lipinski definition) is 9. The van der Waals surface area contributed by atoms with Gasteiger partial charge in [0, 0.05) is 18.8 Å². The molecular weight excluding hydrogens is 262 g/mol. The van der Waals surface area contributed by atoms with E-state index in [0.717, 1.165) is 5.56 Å². The second-order valence-corrected chi connectivity index (χ2v) is 3.68. The van der Waals surface area contributed by atoms with E-state index >= 15 is 0 Å². The first-order valence-corrected chi connectivity index (χ1v) is 5.74. The van der Waals surface area contributed by atoms with E-state index in [1.165, 1.54) is 7.11 Å². The lowest BCUT2D eigenvalue weighted by Gasteiger charge is -2.08. The highest BCUT2D eigenvalue weighted by atomic mass is 16.5. The fourth-order valence-corrected chi connectivity index (χ4v) is 1.41. The minimum absolute atomic E-state index is 0.170. The molecule has 0 aliphatic carbocycles. The zero-order valence-corrected chi connectivity index (χ0v) is 11.1. The number of hydrazine groups is 1. The monoisotopic (exact) mass is 277 g/mol. The zero-order chi connectivity index (χ0) is 14.4. The number of nitrogens with one attached hydrogen (secondary N) is 2. The molecule has 2 rings (SSSR count). The van der Waals surface area contributed by atoms with Gasteiger partial charge in [0.1, 0.15) is 0 Å². The lowest BCUT2D eigenvalue weighted by Crippen LogP contribution is -2.14. The SMILES string of the molecule is COc1ccc(CNc2nc(NN)nc(OC)n2)cn1. The van der Waals surface area contributed by atoms with Crippen molar-refractivity contribution in [3.8, 4) is 11.9 Å². The third-order valence-corrected chi connectivity index (χ3v) is 2.38. The van der Waals surface area contributed by atoms with Gasteiger partial charge in [-0.2, -0.15) is 15.0 Å². The molecular formula is C11H15N7O2. The minimum Gasteiger partial charge on any atom is -0.481 e. The van der Waals surface area contributed by atoms with Crippen molar-refractivity contribution in [1.82, 2.24) is 19.9 Å². The Morgan fingerprint density at radius 3 is 2.50 bits per heavy atom. The molecule has 0 aliphatic heterocycles. The van der Waals surface area contributed by atoms with Crippen molar-refractivity contribution in [1.29, 1.82) is 0 Å². The summed E-state index contributed by atoms with van der Waals surface area (Å²) < 4.78 is 9.94. The van der Waals surface area contributed by atoms with Crippen LogP contribution in [0.4, 0.5) is 11.9 Å². The molecule has 0 atom stereocenters. The maximum atomic E-state index is 5.27. The zero-order valence-electron chi connectivity index (χ0n) is 11.1. The van der Waals surface area contributed by atoms with Crippen LogP contribution in [0, 0.1) is 0 Å². The van der Waals surface area contributed by atoms with Crippen LogP contribution in [0.3, 0.4) is 0 Å². The van der Waals surface area contributed by atoms with Crippen LogP contribution in [0.5, 0.6) is 11.9 Å². The number of rotatable bonds is 6. The Hall–Kier alpha value is -2.68. The standard InChI is InChI=1S/C11H15N7O2/c1-19-8-4-3-7(5-13-8)6-14-9-15-10(18-12)17-11(16-9)20-2/h3-5H,6,12H2,1-2H3,(H2,14,15,16,17,18). The van der Waals surface area contributed by atoms with Crippen LogP contribution in [-0.4, -0.2) is 34.2 Å². The average molecular weight is 277 g/mol. The Labute approximate surface area is 115 Å². The van der Waals surface area contributed by atoms with Gasteiger partial charge in [0.2, 0.25) is 17.8 Å². The van der Waals surface area contributed by atoms with E-state index in [2.05, 4.69) is 30.7 Å². The molecule has 0 radical (unpaired) electrons. The summed E-state index contributed by atoms with van der Waals surface area (Å²) in [6.07, 6.45) is 1.70. The van der Waals surface area contributed by atoms with E-state index < -0.39 is 0 Å². The van der Waals surface area contributed by atoms with Gasteiger partial charge in [0.15, 0.2) is 0 Å². The molecule has 0 aliphatic rings.